The van der Waals surface area contributed by atoms with E-state index in [1.54, 1.807) is 7.05 Å². The van der Waals surface area contributed by atoms with Crippen LogP contribution in [0.5, 0.6) is 0 Å². The number of hydrogen-bond donors (Lipinski definition) is 3. The fourth-order valence-corrected chi connectivity index (χ4v) is 2.51. The maximum atomic E-state index is 12.1. The molecular weight excluding hydrogens is 276 g/mol. The molecule has 1 saturated carbocycles. The number of aliphatic carboxylic acids is 1. The lowest BCUT2D eigenvalue weighted by molar-refractivity contribution is -0.141. The van der Waals surface area contributed by atoms with Crippen molar-refractivity contribution >= 4 is 17.9 Å². The maximum Gasteiger partial charge on any atom is 0.326 e. The number of hydrogen-bond acceptors (Lipinski definition) is 4. The molecule has 0 unspecified atom stereocenters. The first-order chi connectivity index (χ1) is 9.68. The summed E-state index contributed by atoms with van der Waals surface area (Å²) in [5, 5.41) is 11.3. The Morgan fingerprint density at radius 3 is 2.19 bits per heavy atom. The number of likely N-dealkylation sites (N-methyl/N-ethyl adjacent to an activating group) is 2. The molecule has 0 radical (unpaired) electrons. The summed E-state index contributed by atoms with van der Waals surface area (Å²) in [7, 11) is 5.55. The number of urea groups is 1. The molecule has 120 valence electrons. The van der Waals surface area contributed by atoms with Gasteiger partial charge in [-0.2, -0.15) is 0 Å². The second-order valence-corrected chi connectivity index (χ2v) is 5.84. The number of carbonyl (C=O) groups excluding carboxylic acids is 2. The SMILES string of the molecule is CN(CC1(N(C)C)CCC1)C(=O)N[C@H](CC(N)=O)C(=O)O. The van der Waals surface area contributed by atoms with Gasteiger partial charge in [0.15, 0.2) is 0 Å². The highest BCUT2D eigenvalue weighted by atomic mass is 16.4. The second-order valence-electron chi connectivity index (χ2n) is 5.84. The molecule has 8 heteroatoms. The fourth-order valence-electron chi connectivity index (χ4n) is 2.51. The molecule has 0 aromatic heterocycles. The number of nitrogens with zero attached hydrogens (tertiary/aromatic N) is 2. The van der Waals surface area contributed by atoms with Crippen LogP contribution < -0.4 is 11.1 Å². The van der Waals surface area contributed by atoms with E-state index in [1.807, 2.05) is 14.1 Å². The van der Waals surface area contributed by atoms with Gasteiger partial charge >= 0.3 is 12.0 Å². The molecule has 1 atom stereocenters. The van der Waals surface area contributed by atoms with Gasteiger partial charge in [0.1, 0.15) is 6.04 Å². The smallest absolute Gasteiger partial charge is 0.326 e. The Labute approximate surface area is 124 Å². The largest absolute Gasteiger partial charge is 0.480 e. The van der Waals surface area contributed by atoms with E-state index in [9.17, 15) is 14.4 Å². The van der Waals surface area contributed by atoms with Crippen LogP contribution in [0.25, 0.3) is 0 Å². The normalized spacial score (nSPS) is 17.7. The van der Waals surface area contributed by atoms with Crippen molar-refractivity contribution in [3.63, 3.8) is 0 Å². The van der Waals surface area contributed by atoms with Crippen molar-refractivity contribution in [2.75, 3.05) is 27.7 Å². The van der Waals surface area contributed by atoms with E-state index in [4.69, 9.17) is 10.8 Å². The van der Waals surface area contributed by atoms with Crippen LogP contribution in [0.4, 0.5) is 4.79 Å². The van der Waals surface area contributed by atoms with Crippen LogP contribution in [0.3, 0.4) is 0 Å². The van der Waals surface area contributed by atoms with E-state index in [1.165, 1.54) is 4.90 Å². The topological polar surface area (TPSA) is 116 Å². The lowest BCUT2D eigenvalue weighted by atomic mass is 9.75. The Kier molecular flexibility index (Phi) is 5.54. The van der Waals surface area contributed by atoms with Crippen LogP contribution in [0, 0.1) is 0 Å². The van der Waals surface area contributed by atoms with Gasteiger partial charge in [-0.25, -0.2) is 9.59 Å². The Morgan fingerprint density at radius 1 is 1.29 bits per heavy atom. The zero-order valence-electron chi connectivity index (χ0n) is 12.8. The number of nitrogens with two attached hydrogens (primary N) is 1. The summed E-state index contributed by atoms with van der Waals surface area (Å²) < 4.78 is 0. The zero-order valence-corrected chi connectivity index (χ0v) is 12.8. The number of primary amides is 1. The molecule has 0 aliphatic heterocycles. The minimum absolute atomic E-state index is 0.0471. The van der Waals surface area contributed by atoms with Gasteiger partial charge in [-0.1, -0.05) is 0 Å². The van der Waals surface area contributed by atoms with Gasteiger partial charge in [0, 0.05) is 19.1 Å². The number of carboxylic acids is 1. The summed E-state index contributed by atoms with van der Waals surface area (Å²) in [5.41, 5.74) is 4.93. The minimum atomic E-state index is -1.30. The highest BCUT2D eigenvalue weighted by Crippen LogP contribution is 2.36. The monoisotopic (exact) mass is 300 g/mol. The van der Waals surface area contributed by atoms with Crippen molar-refractivity contribution in [1.29, 1.82) is 0 Å². The molecule has 3 amide bonds. The summed E-state index contributed by atoms with van der Waals surface area (Å²) in [4.78, 5) is 37.4. The minimum Gasteiger partial charge on any atom is -0.480 e. The summed E-state index contributed by atoms with van der Waals surface area (Å²) >= 11 is 0. The zero-order chi connectivity index (χ0) is 16.2. The van der Waals surface area contributed by atoms with E-state index < -0.39 is 30.4 Å². The Balaban J connectivity index is 2.61. The molecule has 0 bridgehead atoms. The third kappa shape index (κ3) is 4.32. The molecular formula is C13H24N4O4. The Bertz CT molecular complexity index is 420. The predicted molar refractivity (Wildman–Crippen MR) is 76.7 cm³/mol. The average molecular weight is 300 g/mol. The van der Waals surface area contributed by atoms with Crippen LogP contribution in [0.15, 0.2) is 0 Å². The van der Waals surface area contributed by atoms with Gasteiger partial charge in [0.25, 0.3) is 0 Å². The molecule has 1 fully saturated rings. The quantitative estimate of drug-likeness (QED) is 0.583. The first kappa shape index (κ1) is 17.2. The van der Waals surface area contributed by atoms with E-state index in [2.05, 4.69) is 10.2 Å². The van der Waals surface area contributed by atoms with Crippen molar-refractivity contribution in [1.82, 2.24) is 15.1 Å². The predicted octanol–water partition coefficient (Wildman–Crippen LogP) is -0.559. The molecule has 1 rings (SSSR count). The third-order valence-electron chi connectivity index (χ3n) is 4.11. The van der Waals surface area contributed by atoms with E-state index in [-0.39, 0.29) is 5.54 Å². The summed E-state index contributed by atoms with van der Waals surface area (Å²) in [6.45, 7) is 0.509. The lowest BCUT2D eigenvalue weighted by Crippen LogP contribution is -2.59. The first-order valence-corrected chi connectivity index (χ1v) is 6.88. The number of nitrogens with one attached hydrogen (secondary N) is 1. The number of amides is 3. The molecule has 1 aliphatic rings. The van der Waals surface area contributed by atoms with Crippen LogP contribution in [-0.2, 0) is 9.59 Å². The molecule has 0 saturated heterocycles. The average Bonchev–Trinajstić information content (AvgIpc) is 2.31. The van der Waals surface area contributed by atoms with E-state index >= 15 is 0 Å². The van der Waals surface area contributed by atoms with Gasteiger partial charge in [-0.05, 0) is 33.4 Å². The van der Waals surface area contributed by atoms with Crippen molar-refractivity contribution in [3.8, 4) is 0 Å². The van der Waals surface area contributed by atoms with Crippen molar-refractivity contribution < 1.29 is 19.5 Å². The number of rotatable bonds is 7. The molecule has 8 nitrogen and oxygen atoms in total. The van der Waals surface area contributed by atoms with Crippen molar-refractivity contribution in [2.45, 2.75) is 37.3 Å². The van der Waals surface area contributed by atoms with Gasteiger partial charge in [-0.3, -0.25) is 4.79 Å². The second kappa shape index (κ2) is 6.75. The van der Waals surface area contributed by atoms with Crippen LogP contribution in [-0.4, -0.2) is 72.1 Å². The maximum absolute atomic E-state index is 12.1. The van der Waals surface area contributed by atoms with Crippen LogP contribution in [0.2, 0.25) is 0 Å². The highest BCUT2D eigenvalue weighted by molar-refractivity contribution is 5.87. The Morgan fingerprint density at radius 2 is 1.86 bits per heavy atom. The number of carbonyl (C=O) groups is 3. The molecule has 4 N–H and O–H groups in total. The third-order valence-corrected chi connectivity index (χ3v) is 4.11. The van der Waals surface area contributed by atoms with E-state index in [0.29, 0.717) is 6.54 Å². The van der Waals surface area contributed by atoms with Crippen LogP contribution >= 0.6 is 0 Å². The molecule has 0 aromatic carbocycles. The van der Waals surface area contributed by atoms with Gasteiger partial charge in [0.05, 0.1) is 6.42 Å². The Hall–Kier alpha value is -1.83. The molecule has 21 heavy (non-hydrogen) atoms. The molecule has 0 aromatic rings. The van der Waals surface area contributed by atoms with Crippen LogP contribution in [0.1, 0.15) is 25.7 Å². The lowest BCUT2D eigenvalue weighted by Gasteiger charge is -2.49. The van der Waals surface area contributed by atoms with Gasteiger partial charge in [0.2, 0.25) is 5.91 Å². The summed E-state index contributed by atoms with van der Waals surface area (Å²) in [5.74, 6) is -2.05. The standard InChI is InChI=1S/C13H24N4O4/c1-16(2)13(5-4-6-13)8-17(3)12(21)15-9(11(19)20)7-10(14)18/h9H,4-8H2,1-3H3,(H2,14,18)(H,15,21)(H,19,20)/t9-/m1/s1. The van der Waals surface area contributed by atoms with E-state index in [0.717, 1.165) is 19.3 Å². The fraction of sp³-hybridized carbons (Fsp3) is 0.769. The first-order valence-electron chi connectivity index (χ1n) is 6.88. The molecule has 0 spiro atoms. The number of carboxylic acid groups (broad SMARTS) is 1. The molecule has 0 heterocycles. The summed E-state index contributed by atoms with van der Waals surface area (Å²) in [6.07, 6.45) is 2.70. The summed E-state index contributed by atoms with van der Waals surface area (Å²) in [6, 6.07) is -1.81. The van der Waals surface area contributed by atoms with Crippen molar-refractivity contribution in [3.05, 3.63) is 0 Å². The van der Waals surface area contributed by atoms with Crippen molar-refractivity contribution in [2.24, 2.45) is 5.73 Å². The molecule has 1 aliphatic carbocycles. The van der Waals surface area contributed by atoms with Gasteiger partial charge < -0.3 is 26.0 Å². The highest BCUT2D eigenvalue weighted by Gasteiger charge is 2.41. The van der Waals surface area contributed by atoms with Gasteiger partial charge in [-0.15, -0.1) is 0 Å².